The van der Waals surface area contributed by atoms with Gasteiger partial charge in [-0.1, -0.05) is 194 Å². The molecule has 0 bridgehead atoms. The Hall–Kier alpha value is -9.64. The van der Waals surface area contributed by atoms with E-state index in [1.54, 1.807) is 0 Å². The third-order valence-electron chi connectivity index (χ3n) is 19.8. The summed E-state index contributed by atoms with van der Waals surface area (Å²) in [6, 6.07) is 88.1. The summed E-state index contributed by atoms with van der Waals surface area (Å²) >= 11 is 0. The molecule has 2 heterocycles. The van der Waals surface area contributed by atoms with E-state index < -0.39 is 10.8 Å². The van der Waals surface area contributed by atoms with Gasteiger partial charge in [0.25, 0.3) is 0 Å². The Kier molecular flexibility index (Phi) is 7.59. The minimum atomic E-state index is -0.392. The van der Waals surface area contributed by atoms with Gasteiger partial charge in [-0.2, -0.15) is 0 Å². The first-order valence-corrected chi connectivity index (χ1v) is 27.5. The Labute approximate surface area is 449 Å². The van der Waals surface area contributed by atoms with Crippen molar-refractivity contribution >= 4 is 66.7 Å². The summed E-state index contributed by atoms with van der Waals surface area (Å²) in [6.45, 7) is 0. The number of hydrogen-bond donors (Lipinski definition) is 0. The van der Waals surface area contributed by atoms with E-state index in [2.05, 4.69) is 252 Å². The van der Waals surface area contributed by atoms with Crippen molar-refractivity contribution in [1.29, 1.82) is 0 Å². The molecule has 0 amide bonds. The number of Topliss-reactive ketones (excluding diaryl/α,β-unsaturated/α-hetero) is 2. The largest absolute Gasteiger partial charge is 0.309 e. The lowest BCUT2D eigenvalue weighted by molar-refractivity contribution is 0.0839. The monoisotopic (exact) mass is 992 g/mol. The molecule has 6 aliphatic carbocycles. The molecular weight excluding hydrogens is 949 g/mol. The number of carbonyl (C=O) groups is 2. The van der Waals surface area contributed by atoms with Crippen LogP contribution in [-0.2, 0) is 10.8 Å². The lowest BCUT2D eigenvalue weighted by atomic mass is 9.36. The number of carbonyl (C=O) groups excluding carboxylic acids is 2. The molecule has 0 aliphatic heterocycles. The van der Waals surface area contributed by atoms with Gasteiger partial charge >= 0.3 is 0 Å². The standard InChI is InChI=1S/C74H44N2O2/c77-71-56-39-64-50(37-52(56)66-46-25-7-13-29-58(46)73(66)60-31-15-9-27-48(60)68(71)73)54-35-43(75(62-33-17-11-23-44(62)41-19-3-1-4-20-41)63-34-18-12-24-45(63)42-21-5-2-6-22-42)36-55-51-38-53-57(40-65(51)76(64)70(54)55)72(78)69-49-28-10-16-32-61(49)74(69)59-30-14-8-26-47(59)67(53)74/h1-40,66-69H. The molecule has 0 N–H and O–H groups in total. The van der Waals surface area contributed by atoms with Gasteiger partial charge in [0.15, 0.2) is 11.6 Å². The van der Waals surface area contributed by atoms with Crippen molar-refractivity contribution in [3.8, 4) is 22.3 Å². The summed E-state index contributed by atoms with van der Waals surface area (Å²) < 4.78 is 2.41. The van der Waals surface area contributed by atoms with Gasteiger partial charge in [0.2, 0.25) is 0 Å². The predicted molar refractivity (Wildman–Crippen MR) is 312 cm³/mol. The lowest BCUT2D eigenvalue weighted by Gasteiger charge is -2.64. The highest BCUT2D eigenvalue weighted by Crippen LogP contribution is 2.75. The smallest absolute Gasteiger partial charge is 0.171 e. The molecule has 0 saturated carbocycles. The number of fused-ring (bicyclic) bond motifs is 18. The first-order valence-electron chi connectivity index (χ1n) is 27.5. The highest BCUT2D eigenvalue weighted by molar-refractivity contribution is 6.27. The number of hydrogen-bond acceptors (Lipinski definition) is 3. The summed E-state index contributed by atoms with van der Waals surface area (Å²) in [5.74, 6) is -0.0406. The Morgan fingerprint density at radius 2 is 0.679 bits per heavy atom. The molecule has 4 heteroatoms. The Bertz CT molecular complexity index is 4590. The highest BCUT2D eigenvalue weighted by Gasteiger charge is 2.70. The van der Waals surface area contributed by atoms with Gasteiger partial charge in [0.1, 0.15) is 0 Å². The number of rotatable bonds is 5. The van der Waals surface area contributed by atoms with Crippen LogP contribution < -0.4 is 4.90 Å². The molecule has 6 aliphatic rings. The molecule has 0 fully saturated rings. The highest BCUT2D eigenvalue weighted by atomic mass is 16.1. The van der Waals surface area contributed by atoms with Crippen molar-refractivity contribution in [3.63, 3.8) is 0 Å². The normalized spacial score (nSPS) is 22.0. The third kappa shape index (κ3) is 4.60. The summed E-state index contributed by atoms with van der Waals surface area (Å²) in [5, 5.41) is 4.44. The SMILES string of the molecule is O=C1c2cc3c(cc2C2c4ccccc4C24c2ccccc2C14)c1cc(N(c2ccccc2-c2ccccc2)c2ccccc2-c2ccccc2)cc2c4cc5c(cc4n3c12)C(=O)C1c2ccccc2C12c1ccccc1C52. The Morgan fingerprint density at radius 1 is 0.321 bits per heavy atom. The van der Waals surface area contributed by atoms with Crippen LogP contribution in [0.25, 0.3) is 60.3 Å². The second-order valence-corrected chi connectivity index (χ2v) is 22.8. The Balaban J connectivity index is 0.941. The van der Waals surface area contributed by atoms with E-state index >= 15 is 9.59 Å². The van der Waals surface area contributed by atoms with Crippen LogP contribution in [0.3, 0.4) is 0 Å². The van der Waals surface area contributed by atoms with Crippen molar-refractivity contribution in [2.75, 3.05) is 4.90 Å². The number of anilines is 3. The molecule has 4 nitrogen and oxygen atoms in total. The minimum absolute atomic E-state index is 0.0367. The number of para-hydroxylation sites is 2. The van der Waals surface area contributed by atoms with Crippen LogP contribution in [-0.4, -0.2) is 16.0 Å². The first kappa shape index (κ1) is 41.6. The maximum absolute atomic E-state index is 15.6. The summed E-state index contributed by atoms with van der Waals surface area (Å²) in [7, 11) is 0. The maximum Gasteiger partial charge on any atom is 0.171 e. The maximum atomic E-state index is 15.6. The van der Waals surface area contributed by atoms with E-state index in [-0.39, 0.29) is 35.2 Å². The van der Waals surface area contributed by atoms with Crippen LogP contribution in [0.15, 0.2) is 243 Å². The van der Waals surface area contributed by atoms with Crippen LogP contribution in [0, 0.1) is 0 Å². The molecule has 78 heavy (non-hydrogen) atoms. The topological polar surface area (TPSA) is 41.8 Å². The van der Waals surface area contributed by atoms with Crippen molar-refractivity contribution in [1.82, 2.24) is 4.40 Å². The van der Waals surface area contributed by atoms with Crippen LogP contribution in [0.5, 0.6) is 0 Å². The number of nitrogens with zero attached hydrogens (tertiary/aromatic N) is 2. The third-order valence-corrected chi connectivity index (χ3v) is 19.8. The van der Waals surface area contributed by atoms with Gasteiger partial charge in [-0.25, -0.2) is 0 Å². The van der Waals surface area contributed by atoms with Gasteiger partial charge in [-0.05, 0) is 115 Å². The van der Waals surface area contributed by atoms with E-state index in [1.807, 2.05) is 0 Å². The predicted octanol–water partition coefficient (Wildman–Crippen LogP) is 17.1. The first-order chi connectivity index (χ1) is 38.6. The van der Waals surface area contributed by atoms with Gasteiger partial charge in [-0.15, -0.1) is 0 Å². The molecule has 19 rings (SSSR count). The molecule has 13 aromatic rings. The lowest BCUT2D eigenvalue weighted by Crippen LogP contribution is -2.61. The molecule has 362 valence electrons. The van der Waals surface area contributed by atoms with Crippen LogP contribution >= 0.6 is 0 Å². The molecule has 6 atom stereocenters. The number of benzene rings is 11. The molecule has 0 radical (unpaired) electrons. The van der Waals surface area contributed by atoms with Crippen LogP contribution in [0.1, 0.15) is 100 Å². The van der Waals surface area contributed by atoms with E-state index in [0.29, 0.717) is 0 Å². The van der Waals surface area contributed by atoms with Gasteiger partial charge in [0, 0.05) is 72.2 Å². The second kappa shape index (κ2) is 14.2. The van der Waals surface area contributed by atoms with Crippen molar-refractivity contribution < 1.29 is 9.59 Å². The van der Waals surface area contributed by atoms with Gasteiger partial charge in [0.05, 0.1) is 39.8 Å². The van der Waals surface area contributed by atoms with E-state index in [4.69, 9.17) is 0 Å². The molecule has 6 unspecified atom stereocenters. The van der Waals surface area contributed by atoms with Crippen LogP contribution in [0.4, 0.5) is 17.1 Å². The summed E-state index contributed by atoms with van der Waals surface area (Å²) in [5.41, 5.74) is 23.8. The fourth-order valence-corrected chi connectivity index (χ4v) is 17.0. The molecular formula is C74H44N2O2. The number of ketones is 2. The molecule has 0 saturated heterocycles. The molecule has 2 spiro atoms. The van der Waals surface area contributed by atoms with Crippen molar-refractivity contribution in [2.24, 2.45) is 0 Å². The zero-order valence-electron chi connectivity index (χ0n) is 42.1. The van der Waals surface area contributed by atoms with Crippen molar-refractivity contribution in [3.05, 3.63) is 309 Å². The minimum Gasteiger partial charge on any atom is -0.309 e. The molecule has 2 aromatic heterocycles. The zero-order chi connectivity index (χ0) is 50.9. The summed E-state index contributed by atoms with van der Waals surface area (Å²) in [4.78, 5) is 33.7. The molecule has 11 aromatic carbocycles. The van der Waals surface area contributed by atoms with Gasteiger partial charge in [-0.3, -0.25) is 9.59 Å². The zero-order valence-corrected chi connectivity index (χ0v) is 42.1. The van der Waals surface area contributed by atoms with Gasteiger partial charge < -0.3 is 9.30 Å². The number of aromatic nitrogens is 1. The van der Waals surface area contributed by atoms with E-state index in [9.17, 15) is 0 Å². The average molecular weight is 993 g/mol. The Morgan fingerprint density at radius 3 is 1.10 bits per heavy atom. The fourth-order valence-electron chi connectivity index (χ4n) is 17.0. The van der Waals surface area contributed by atoms with Crippen LogP contribution in [0.2, 0.25) is 0 Å². The quantitative estimate of drug-likeness (QED) is 0.173. The van der Waals surface area contributed by atoms with E-state index in [0.717, 1.165) is 111 Å². The second-order valence-electron chi connectivity index (χ2n) is 22.8. The summed E-state index contributed by atoms with van der Waals surface area (Å²) in [6.07, 6.45) is 0. The average Bonchev–Trinajstić information content (AvgIpc) is 3.96. The van der Waals surface area contributed by atoms with E-state index in [1.165, 1.54) is 33.4 Å². The van der Waals surface area contributed by atoms with Crippen molar-refractivity contribution in [2.45, 2.75) is 34.5 Å². The fraction of sp³-hybridized carbons (Fsp3) is 0.0811.